The van der Waals surface area contributed by atoms with E-state index < -0.39 is 5.82 Å². The van der Waals surface area contributed by atoms with Gasteiger partial charge in [-0.3, -0.25) is 4.68 Å². The smallest absolute Gasteiger partial charge is 0.235 e. The Bertz CT molecular complexity index is 1050. The molecule has 0 aliphatic heterocycles. The molecule has 1 aromatic carbocycles. The van der Waals surface area contributed by atoms with Gasteiger partial charge in [0, 0.05) is 10.7 Å². The minimum absolute atomic E-state index is 0.315. The van der Waals surface area contributed by atoms with Crippen LogP contribution in [0.2, 0.25) is 5.02 Å². The van der Waals surface area contributed by atoms with Crippen LogP contribution in [-0.4, -0.2) is 29.6 Å². The number of benzene rings is 1. The number of aromatic nitrogens is 6. The Morgan fingerprint density at radius 2 is 2.00 bits per heavy atom. The first-order valence-corrected chi connectivity index (χ1v) is 8.38. The Hall–Kier alpha value is -2.32. The van der Waals surface area contributed by atoms with Gasteiger partial charge in [0.15, 0.2) is 5.82 Å². The molecule has 0 atom stereocenters. The summed E-state index contributed by atoms with van der Waals surface area (Å²) in [5.41, 5.74) is 2.33. The van der Waals surface area contributed by atoms with Gasteiger partial charge in [0.2, 0.25) is 4.96 Å². The predicted octanol–water partition coefficient (Wildman–Crippen LogP) is 3.51. The van der Waals surface area contributed by atoms with Crippen molar-refractivity contribution in [2.45, 2.75) is 20.4 Å². The summed E-state index contributed by atoms with van der Waals surface area (Å²) >= 11 is 7.21. The molecule has 4 rings (SSSR count). The monoisotopic (exact) mass is 362 g/mol. The van der Waals surface area contributed by atoms with Crippen LogP contribution in [0.25, 0.3) is 16.3 Å². The van der Waals surface area contributed by atoms with Gasteiger partial charge in [0.1, 0.15) is 10.8 Å². The summed E-state index contributed by atoms with van der Waals surface area (Å²) in [6.45, 7) is 4.48. The van der Waals surface area contributed by atoms with E-state index in [1.165, 1.54) is 17.4 Å². The lowest BCUT2D eigenvalue weighted by Gasteiger charge is -2.01. The van der Waals surface area contributed by atoms with E-state index in [4.69, 9.17) is 11.6 Å². The highest BCUT2D eigenvalue weighted by Crippen LogP contribution is 2.26. The van der Waals surface area contributed by atoms with Gasteiger partial charge in [-0.25, -0.2) is 4.39 Å². The number of hydrogen-bond donors (Lipinski definition) is 0. The maximum absolute atomic E-state index is 14.1. The quantitative estimate of drug-likeness (QED) is 0.559. The molecule has 0 saturated heterocycles. The second-order valence-corrected chi connectivity index (χ2v) is 6.90. The van der Waals surface area contributed by atoms with Crippen molar-refractivity contribution in [2.75, 3.05) is 0 Å². The van der Waals surface area contributed by atoms with Gasteiger partial charge < -0.3 is 0 Å². The highest BCUT2D eigenvalue weighted by molar-refractivity contribution is 7.16. The van der Waals surface area contributed by atoms with E-state index in [2.05, 4.69) is 20.4 Å². The van der Waals surface area contributed by atoms with E-state index >= 15 is 0 Å². The number of aryl methyl sites for hydroxylation is 2. The van der Waals surface area contributed by atoms with Crippen LogP contribution >= 0.6 is 22.9 Å². The molecule has 0 radical (unpaired) electrons. The van der Waals surface area contributed by atoms with Crippen LogP contribution in [0.4, 0.5) is 4.39 Å². The zero-order chi connectivity index (χ0) is 16.8. The molecule has 6 nitrogen and oxygen atoms in total. The third-order valence-corrected chi connectivity index (χ3v) is 4.71. The van der Waals surface area contributed by atoms with Crippen LogP contribution in [0, 0.1) is 19.7 Å². The number of fused-ring (bicyclic) bond motifs is 1. The van der Waals surface area contributed by atoms with Gasteiger partial charge in [-0.15, -0.1) is 10.2 Å². The van der Waals surface area contributed by atoms with Gasteiger partial charge >= 0.3 is 0 Å². The van der Waals surface area contributed by atoms with Crippen molar-refractivity contribution in [3.63, 3.8) is 0 Å². The summed E-state index contributed by atoms with van der Waals surface area (Å²) in [5.74, 6) is -0.0973. The van der Waals surface area contributed by atoms with E-state index in [1.54, 1.807) is 16.6 Å². The van der Waals surface area contributed by atoms with Crippen molar-refractivity contribution in [2.24, 2.45) is 0 Å². The summed E-state index contributed by atoms with van der Waals surface area (Å²) in [4.78, 5) is 0.607. The number of hydrogen-bond acceptors (Lipinski definition) is 5. The van der Waals surface area contributed by atoms with Crippen LogP contribution in [0.15, 0.2) is 24.3 Å². The molecular formula is C15H12ClFN6S. The summed E-state index contributed by atoms with van der Waals surface area (Å²) in [6, 6.07) is 6.45. The van der Waals surface area contributed by atoms with Gasteiger partial charge in [-0.05, 0) is 38.1 Å². The Labute approximate surface area is 145 Å². The lowest BCUT2D eigenvalue weighted by Crippen LogP contribution is -2.04. The van der Waals surface area contributed by atoms with E-state index in [-0.39, 0.29) is 0 Å². The van der Waals surface area contributed by atoms with Gasteiger partial charge in [-0.2, -0.15) is 14.7 Å². The molecule has 0 spiro atoms. The highest BCUT2D eigenvalue weighted by atomic mass is 35.5. The average Bonchev–Trinajstić information content (AvgIpc) is 3.15. The Kier molecular flexibility index (Phi) is 3.58. The lowest BCUT2D eigenvalue weighted by atomic mass is 10.2. The van der Waals surface area contributed by atoms with Crippen LogP contribution < -0.4 is 0 Å². The molecule has 0 fully saturated rings. The zero-order valence-electron chi connectivity index (χ0n) is 12.9. The predicted molar refractivity (Wildman–Crippen MR) is 89.9 cm³/mol. The normalized spacial score (nSPS) is 11.5. The average molecular weight is 363 g/mol. The third-order valence-electron chi connectivity index (χ3n) is 3.59. The fraction of sp³-hybridized carbons (Fsp3) is 0.200. The van der Waals surface area contributed by atoms with Crippen molar-refractivity contribution in [3.8, 4) is 11.4 Å². The lowest BCUT2D eigenvalue weighted by molar-refractivity contribution is 0.628. The number of rotatable bonds is 3. The van der Waals surface area contributed by atoms with Gasteiger partial charge in [0.25, 0.3) is 0 Å². The second kappa shape index (κ2) is 5.64. The molecule has 24 heavy (non-hydrogen) atoms. The first-order valence-electron chi connectivity index (χ1n) is 7.19. The molecule has 0 saturated carbocycles. The zero-order valence-corrected chi connectivity index (χ0v) is 14.4. The second-order valence-electron chi connectivity index (χ2n) is 5.42. The van der Waals surface area contributed by atoms with Crippen molar-refractivity contribution in [1.29, 1.82) is 0 Å². The minimum Gasteiger partial charge on any atom is -0.263 e. The van der Waals surface area contributed by atoms with Crippen LogP contribution in [0.3, 0.4) is 0 Å². The third kappa shape index (κ3) is 2.57. The molecular weight excluding hydrogens is 351 g/mol. The maximum Gasteiger partial charge on any atom is 0.235 e. The Morgan fingerprint density at radius 1 is 1.17 bits per heavy atom. The maximum atomic E-state index is 14.1. The topological polar surface area (TPSA) is 60.9 Å². The molecule has 3 aromatic heterocycles. The van der Waals surface area contributed by atoms with Gasteiger partial charge in [-0.1, -0.05) is 22.9 Å². The van der Waals surface area contributed by atoms with Crippen molar-refractivity contribution in [3.05, 3.63) is 51.5 Å². The van der Waals surface area contributed by atoms with E-state index in [0.717, 1.165) is 16.4 Å². The SMILES string of the molecule is Cc1cc(C)n(Cc2nn3c(-c4ccc(Cl)cc4F)nnc3s2)n1. The summed E-state index contributed by atoms with van der Waals surface area (Å²) in [5, 5.41) is 18.2. The largest absolute Gasteiger partial charge is 0.263 e. The molecule has 0 amide bonds. The molecule has 3 heterocycles. The summed E-state index contributed by atoms with van der Waals surface area (Å²) < 4.78 is 17.6. The van der Waals surface area contributed by atoms with Gasteiger partial charge in [0.05, 0.1) is 17.8 Å². The first kappa shape index (κ1) is 15.2. The number of halogens is 2. The van der Waals surface area contributed by atoms with E-state index in [1.807, 2.05) is 24.6 Å². The van der Waals surface area contributed by atoms with Crippen LogP contribution in [-0.2, 0) is 6.54 Å². The van der Waals surface area contributed by atoms with Crippen LogP contribution in [0.1, 0.15) is 16.4 Å². The minimum atomic E-state index is -0.454. The summed E-state index contributed by atoms with van der Waals surface area (Å²) in [7, 11) is 0. The highest BCUT2D eigenvalue weighted by Gasteiger charge is 2.17. The Morgan fingerprint density at radius 3 is 2.71 bits per heavy atom. The fourth-order valence-corrected chi connectivity index (χ4v) is 3.50. The van der Waals surface area contributed by atoms with E-state index in [9.17, 15) is 4.39 Å². The molecule has 4 aromatic rings. The molecule has 9 heteroatoms. The fourth-order valence-electron chi connectivity index (χ4n) is 2.52. The molecule has 0 bridgehead atoms. The molecule has 0 aliphatic carbocycles. The standard InChI is InChI=1S/C15H12ClFN6S/c1-8-5-9(2)22(20-8)7-13-21-23-14(18-19-15(23)24-13)11-4-3-10(16)6-12(11)17/h3-6H,7H2,1-2H3. The molecule has 122 valence electrons. The first-order chi connectivity index (χ1) is 11.5. The van der Waals surface area contributed by atoms with E-state index in [0.29, 0.717) is 27.9 Å². The van der Waals surface area contributed by atoms with Crippen molar-refractivity contribution < 1.29 is 4.39 Å². The van der Waals surface area contributed by atoms with Crippen LogP contribution in [0.5, 0.6) is 0 Å². The summed E-state index contributed by atoms with van der Waals surface area (Å²) in [6.07, 6.45) is 0. The van der Waals surface area contributed by atoms with Crippen molar-refractivity contribution in [1.82, 2.24) is 29.6 Å². The van der Waals surface area contributed by atoms with Crippen molar-refractivity contribution >= 4 is 27.9 Å². The Balaban J connectivity index is 1.74. The molecule has 0 N–H and O–H groups in total. The molecule has 0 aliphatic rings. The molecule has 0 unspecified atom stereocenters. The number of nitrogens with zero attached hydrogens (tertiary/aromatic N) is 6.